The predicted molar refractivity (Wildman–Crippen MR) is 140 cm³/mol. The van der Waals surface area contributed by atoms with E-state index in [2.05, 4.69) is 27.2 Å². The Hall–Kier alpha value is -3.14. The fourth-order valence-corrected chi connectivity index (χ4v) is 4.70. The molecule has 3 aromatic rings. The van der Waals surface area contributed by atoms with Crippen LogP contribution >= 0.6 is 11.8 Å². The van der Waals surface area contributed by atoms with Crippen molar-refractivity contribution >= 4 is 17.7 Å². The number of aryl methyl sites for hydroxylation is 1. The first-order valence-electron chi connectivity index (χ1n) is 12.6. The highest BCUT2D eigenvalue weighted by molar-refractivity contribution is 7.98. The average Bonchev–Trinajstić information content (AvgIpc) is 2.89. The molecule has 198 valence electrons. The number of halogens is 2. The van der Waals surface area contributed by atoms with Crippen molar-refractivity contribution < 1.29 is 13.6 Å². The lowest BCUT2D eigenvalue weighted by atomic mass is 10.1. The van der Waals surface area contributed by atoms with Crippen LogP contribution < -0.4 is 10.9 Å². The number of carbonyl (C=O) groups excluding carboxylic acids is 1. The maximum atomic E-state index is 13.6. The molecule has 0 bridgehead atoms. The Morgan fingerprint density at radius 2 is 1.84 bits per heavy atom. The summed E-state index contributed by atoms with van der Waals surface area (Å²) in [6.45, 7) is 3.47. The van der Waals surface area contributed by atoms with Crippen LogP contribution in [0.1, 0.15) is 68.6 Å². The van der Waals surface area contributed by atoms with E-state index < -0.39 is 11.6 Å². The Morgan fingerprint density at radius 3 is 2.59 bits per heavy atom. The van der Waals surface area contributed by atoms with Crippen LogP contribution in [0.3, 0.4) is 0 Å². The topological polar surface area (TPSA) is 89.8 Å². The lowest BCUT2D eigenvalue weighted by Gasteiger charge is -2.14. The lowest BCUT2D eigenvalue weighted by molar-refractivity contribution is -0.121. The van der Waals surface area contributed by atoms with Crippen molar-refractivity contribution in [2.24, 2.45) is 0 Å². The number of hydrogen-bond acceptors (Lipinski definition) is 6. The van der Waals surface area contributed by atoms with Crippen molar-refractivity contribution in [1.82, 2.24) is 24.8 Å². The molecule has 0 saturated heterocycles. The summed E-state index contributed by atoms with van der Waals surface area (Å²) in [5.41, 5.74) is 1.59. The number of amides is 1. The maximum absolute atomic E-state index is 13.6. The van der Waals surface area contributed by atoms with E-state index in [9.17, 15) is 18.4 Å². The van der Waals surface area contributed by atoms with Crippen LogP contribution in [0, 0.1) is 11.6 Å². The highest BCUT2D eigenvalue weighted by Gasteiger charge is 2.12. The second kappa shape index (κ2) is 15.2. The molecule has 0 atom stereocenters. The van der Waals surface area contributed by atoms with Crippen LogP contribution in [-0.4, -0.2) is 32.0 Å². The fourth-order valence-electron chi connectivity index (χ4n) is 3.77. The zero-order valence-corrected chi connectivity index (χ0v) is 21.9. The first kappa shape index (κ1) is 28.4. The van der Waals surface area contributed by atoms with E-state index in [1.807, 2.05) is 4.57 Å². The molecule has 0 radical (unpaired) electrons. The molecule has 0 saturated carbocycles. The highest BCUT2D eigenvalue weighted by Crippen LogP contribution is 2.22. The van der Waals surface area contributed by atoms with Crippen LogP contribution in [0.4, 0.5) is 8.78 Å². The molecule has 7 nitrogen and oxygen atoms in total. The second-order valence-corrected chi connectivity index (χ2v) is 9.82. The summed E-state index contributed by atoms with van der Waals surface area (Å²) < 4.78 is 28.8. The van der Waals surface area contributed by atoms with Gasteiger partial charge in [0, 0.05) is 55.8 Å². The van der Waals surface area contributed by atoms with E-state index in [0.717, 1.165) is 62.8 Å². The maximum Gasteiger partial charge on any atom is 0.277 e. The molecule has 0 aliphatic carbocycles. The van der Waals surface area contributed by atoms with Gasteiger partial charge in [0.15, 0.2) is 16.8 Å². The van der Waals surface area contributed by atoms with Crippen LogP contribution in [0.15, 0.2) is 53.1 Å². The number of nitrogens with zero attached hydrogens (tertiary/aromatic N) is 4. The Balaban J connectivity index is 1.63. The molecule has 3 rings (SSSR count). The van der Waals surface area contributed by atoms with Crippen molar-refractivity contribution in [3.05, 3.63) is 81.8 Å². The molecule has 0 fully saturated rings. The van der Waals surface area contributed by atoms with Crippen molar-refractivity contribution in [2.45, 2.75) is 75.7 Å². The van der Waals surface area contributed by atoms with Crippen molar-refractivity contribution in [3.8, 4) is 0 Å². The molecule has 1 amide bonds. The summed E-state index contributed by atoms with van der Waals surface area (Å²) in [6, 6.07) is 3.77. The number of carbonyl (C=O) groups is 1. The summed E-state index contributed by atoms with van der Waals surface area (Å²) >= 11 is 1.30. The molecule has 0 aliphatic heterocycles. The van der Waals surface area contributed by atoms with Gasteiger partial charge < -0.3 is 9.88 Å². The fraction of sp³-hybridized carbons (Fsp3) is 0.444. The Kier molecular flexibility index (Phi) is 11.7. The Morgan fingerprint density at radius 1 is 1.03 bits per heavy atom. The molecule has 0 aliphatic rings. The van der Waals surface area contributed by atoms with E-state index in [0.29, 0.717) is 41.4 Å². The van der Waals surface area contributed by atoms with Gasteiger partial charge >= 0.3 is 0 Å². The standard InChI is InChI=1S/C27H33F2N5O2S/c1-2-3-6-11-32-25(35)8-5-4-7-12-34-17-22(13-21-15-30-19-31-16-21)26(36)33-27(34)37-18-20-9-10-23(28)24(29)14-20/h9-10,14-17,19H,2-8,11-13,18H2,1H3,(H,32,35). The number of thioether (sulfide) groups is 1. The van der Waals surface area contributed by atoms with E-state index in [1.165, 1.54) is 24.2 Å². The van der Waals surface area contributed by atoms with Crippen LogP contribution in [0.25, 0.3) is 0 Å². The minimum atomic E-state index is -0.904. The summed E-state index contributed by atoms with van der Waals surface area (Å²) in [5.74, 6) is -1.38. The molecular formula is C27H33F2N5O2S. The average molecular weight is 530 g/mol. The SMILES string of the molecule is CCCCCNC(=O)CCCCCn1cc(Cc2cncnc2)c(=O)nc1SCc1ccc(F)c(F)c1. The van der Waals surface area contributed by atoms with Crippen molar-refractivity contribution in [1.29, 1.82) is 0 Å². The van der Waals surface area contributed by atoms with E-state index in [4.69, 9.17) is 0 Å². The van der Waals surface area contributed by atoms with Crippen molar-refractivity contribution in [3.63, 3.8) is 0 Å². The molecular weight excluding hydrogens is 496 g/mol. The number of unbranched alkanes of at least 4 members (excludes halogenated alkanes) is 4. The normalized spacial score (nSPS) is 11.0. The third-order valence-electron chi connectivity index (χ3n) is 5.80. The van der Waals surface area contributed by atoms with Gasteiger partial charge in [-0.3, -0.25) is 9.59 Å². The number of aromatic nitrogens is 4. The number of benzene rings is 1. The van der Waals surface area contributed by atoms with Crippen LogP contribution in [-0.2, 0) is 23.5 Å². The van der Waals surface area contributed by atoms with Crippen LogP contribution in [0.2, 0.25) is 0 Å². The van der Waals surface area contributed by atoms with Gasteiger partial charge in [0.25, 0.3) is 5.56 Å². The lowest BCUT2D eigenvalue weighted by Crippen LogP contribution is -2.24. The van der Waals surface area contributed by atoms with Gasteiger partial charge in [-0.1, -0.05) is 44.0 Å². The first-order chi connectivity index (χ1) is 18.0. The van der Waals surface area contributed by atoms with Gasteiger partial charge in [0.2, 0.25) is 5.91 Å². The molecule has 10 heteroatoms. The molecule has 2 aromatic heterocycles. The largest absolute Gasteiger partial charge is 0.356 e. The summed E-state index contributed by atoms with van der Waals surface area (Å²) in [7, 11) is 0. The number of nitrogens with one attached hydrogen (secondary N) is 1. The van der Waals surface area contributed by atoms with Crippen molar-refractivity contribution in [2.75, 3.05) is 6.54 Å². The third-order valence-corrected chi connectivity index (χ3v) is 6.86. The minimum absolute atomic E-state index is 0.0799. The predicted octanol–water partition coefficient (Wildman–Crippen LogP) is 5.06. The summed E-state index contributed by atoms with van der Waals surface area (Å²) in [6.07, 6.45) is 13.1. The van der Waals surface area contributed by atoms with E-state index in [-0.39, 0.29) is 11.5 Å². The van der Waals surface area contributed by atoms with Gasteiger partial charge in [-0.15, -0.1) is 0 Å². The zero-order chi connectivity index (χ0) is 26.5. The minimum Gasteiger partial charge on any atom is -0.356 e. The molecule has 1 N–H and O–H groups in total. The first-order valence-corrected chi connectivity index (χ1v) is 13.6. The smallest absolute Gasteiger partial charge is 0.277 e. The highest BCUT2D eigenvalue weighted by atomic mass is 32.2. The molecule has 0 unspecified atom stereocenters. The molecule has 37 heavy (non-hydrogen) atoms. The third kappa shape index (κ3) is 9.68. The molecule has 2 heterocycles. The summed E-state index contributed by atoms with van der Waals surface area (Å²) in [4.78, 5) is 37.0. The molecule has 0 spiro atoms. The van der Waals surface area contributed by atoms with E-state index >= 15 is 0 Å². The van der Waals surface area contributed by atoms with E-state index in [1.54, 1.807) is 18.6 Å². The van der Waals surface area contributed by atoms with Gasteiger partial charge in [-0.25, -0.2) is 18.7 Å². The van der Waals surface area contributed by atoms with Gasteiger partial charge in [-0.2, -0.15) is 4.98 Å². The molecule has 1 aromatic carbocycles. The Labute approximate surface area is 220 Å². The number of rotatable bonds is 15. The Bertz CT molecular complexity index is 1210. The number of hydrogen-bond donors (Lipinski definition) is 1. The van der Waals surface area contributed by atoms with Gasteiger partial charge in [0.05, 0.1) is 0 Å². The second-order valence-electron chi connectivity index (χ2n) is 8.88. The quantitative estimate of drug-likeness (QED) is 0.168. The van der Waals surface area contributed by atoms with Gasteiger partial charge in [0.1, 0.15) is 6.33 Å². The zero-order valence-electron chi connectivity index (χ0n) is 21.1. The van der Waals surface area contributed by atoms with Gasteiger partial charge in [-0.05, 0) is 42.5 Å². The van der Waals surface area contributed by atoms with Crippen LogP contribution in [0.5, 0.6) is 0 Å². The monoisotopic (exact) mass is 529 g/mol. The summed E-state index contributed by atoms with van der Waals surface area (Å²) in [5, 5.41) is 3.47.